The van der Waals surface area contributed by atoms with Gasteiger partial charge in [-0.25, -0.2) is 9.50 Å². The van der Waals surface area contributed by atoms with Crippen LogP contribution in [0.5, 0.6) is 0 Å². The number of nitrogens with zero attached hydrogens (tertiary/aromatic N) is 3. The van der Waals surface area contributed by atoms with Crippen LogP contribution in [0, 0.1) is 0 Å². The number of hydrogen-bond acceptors (Lipinski definition) is 3. The van der Waals surface area contributed by atoms with Crippen molar-refractivity contribution in [2.75, 3.05) is 0 Å². The second-order valence-corrected chi connectivity index (χ2v) is 3.82. The molecule has 0 fully saturated rings. The fourth-order valence-electron chi connectivity index (χ4n) is 2.01. The molecule has 0 spiro atoms. The molecule has 2 heterocycles. The maximum atomic E-state index is 11.1. The molecule has 2 rings (SSSR count). The zero-order valence-corrected chi connectivity index (χ0v) is 9.55. The molecule has 2 aromatic heterocycles. The Balaban J connectivity index is 2.64. The summed E-state index contributed by atoms with van der Waals surface area (Å²) in [4.78, 5) is 15.3. The zero-order chi connectivity index (χ0) is 11.5. The summed E-state index contributed by atoms with van der Waals surface area (Å²) in [5.41, 5.74) is 2.16. The number of hydrogen-bond donors (Lipinski definition) is 0. The number of carbonyl (C=O) groups excluding carboxylic acids is 1. The van der Waals surface area contributed by atoms with Crippen LogP contribution in [0.1, 0.15) is 48.7 Å². The molecule has 0 unspecified atom stereocenters. The first kappa shape index (κ1) is 10.8. The van der Waals surface area contributed by atoms with Gasteiger partial charge in [0.15, 0.2) is 11.9 Å². The van der Waals surface area contributed by atoms with E-state index >= 15 is 0 Å². The first-order valence-electron chi connectivity index (χ1n) is 5.60. The molecule has 0 aromatic carbocycles. The van der Waals surface area contributed by atoms with Crippen LogP contribution in [0.3, 0.4) is 0 Å². The molecule has 16 heavy (non-hydrogen) atoms. The first-order chi connectivity index (χ1) is 7.81. The highest BCUT2D eigenvalue weighted by molar-refractivity contribution is 5.86. The molecule has 0 saturated carbocycles. The lowest BCUT2D eigenvalue weighted by Crippen LogP contribution is -1.99. The van der Waals surface area contributed by atoms with Crippen molar-refractivity contribution in [1.29, 1.82) is 0 Å². The van der Waals surface area contributed by atoms with E-state index in [2.05, 4.69) is 23.9 Å². The van der Waals surface area contributed by atoms with Crippen molar-refractivity contribution in [3.63, 3.8) is 0 Å². The second-order valence-electron chi connectivity index (χ2n) is 3.82. The molecule has 4 heteroatoms. The molecule has 4 nitrogen and oxygen atoms in total. The largest absolute Gasteiger partial charge is 0.298 e. The van der Waals surface area contributed by atoms with Gasteiger partial charge in [-0.15, -0.1) is 0 Å². The molecule has 0 radical (unpaired) electrons. The van der Waals surface area contributed by atoms with Crippen molar-refractivity contribution in [3.05, 3.63) is 29.7 Å². The zero-order valence-electron chi connectivity index (χ0n) is 9.55. The molecule has 0 atom stereocenters. The Morgan fingerprint density at radius 2 is 2.19 bits per heavy atom. The Bertz CT molecular complexity index is 500. The molecule has 84 valence electrons. The van der Waals surface area contributed by atoms with Gasteiger partial charge in [0.2, 0.25) is 0 Å². The predicted molar refractivity (Wildman–Crippen MR) is 61.7 cm³/mol. The van der Waals surface area contributed by atoms with Gasteiger partial charge < -0.3 is 0 Å². The normalized spacial score (nSPS) is 11.2. The monoisotopic (exact) mass is 217 g/mol. The van der Waals surface area contributed by atoms with Crippen molar-refractivity contribution < 1.29 is 4.79 Å². The lowest BCUT2D eigenvalue weighted by Gasteiger charge is -2.08. The lowest BCUT2D eigenvalue weighted by atomic mass is 9.97. The minimum Gasteiger partial charge on any atom is -0.298 e. The van der Waals surface area contributed by atoms with E-state index in [0.29, 0.717) is 17.1 Å². The Hall–Kier alpha value is -1.71. The maximum absolute atomic E-state index is 11.1. The van der Waals surface area contributed by atoms with Gasteiger partial charge in [-0.05, 0) is 18.9 Å². The summed E-state index contributed by atoms with van der Waals surface area (Å²) in [5.74, 6) is 0.335. The highest BCUT2D eigenvalue weighted by Gasteiger charge is 2.19. The first-order valence-corrected chi connectivity index (χ1v) is 5.60. The van der Waals surface area contributed by atoms with Gasteiger partial charge in [0.25, 0.3) is 0 Å². The molecular formula is C12H15N3O. The molecule has 0 aliphatic heterocycles. The van der Waals surface area contributed by atoms with E-state index in [9.17, 15) is 4.79 Å². The molecule has 0 amide bonds. The predicted octanol–water partition coefficient (Wildman–Crippen LogP) is 2.45. The smallest absolute Gasteiger partial charge is 0.165 e. The van der Waals surface area contributed by atoms with Gasteiger partial charge in [0, 0.05) is 18.3 Å². The standard InChI is InChI=1S/C12H15N3O/c1-3-9(4-2)11-10(8-16)12-13-6-5-7-15(12)14-11/h5-9H,3-4H2,1-2H3. The van der Waals surface area contributed by atoms with Gasteiger partial charge in [-0.1, -0.05) is 13.8 Å². The quantitative estimate of drug-likeness (QED) is 0.739. The maximum Gasteiger partial charge on any atom is 0.165 e. The minimum atomic E-state index is 0.335. The molecule has 0 saturated heterocycles. The van der Waals surface area contributed by atoms with Gasteiger partial charge in [-0.2, -0.15) is 5.10 Å². The summed E-state index contributed by atoms with van der Waals surface area (Å²) in [6, 6.07) is 1.81. The fraction of sp³-hybridized carbons (Fsp3) is 0.417. The summed E-state index contributed by atoms with van der Waals surface area (Å²) in [7, 11) is 0. The van der Waals surface area contributed by atoms with Crippen LogP contribution in [0.4, 0.5) is 0 Å². The van der Waals surface area contributed by atoms with Crippen LogP contribution >= 0.6 is 0 Å². The van der Waals surface area contributed by atoms with E-state index in [4.69, 9.17) is 0 Å². The molecule has 0 aliphatic carbocycles. The van der Waals surface area contributed by atoms with Crippen molar-refractivity contribution in [2.24, 2.45) is 0 Å². The van der Waals surface area contributed by atoms with Crippen LogP contribution in [0.25, 0.3) is 5.65 Å². The summed E-state index contributed by atoms with van der Waals surface area (Å²) in [6.07, 6.45) is 6.34. The number of aldehydes is 1. The Labute approximate surface area is 94.3 Å². The fourth-order valence-corrected chi connectivity index (χ4v) is 2.01. The highest BCUT2D eigenvalue weighted by Crippen LogP contribution is 2.25. The van der Waals surface area contributed by atoms with E-state index in [1.165, 1.54) is 0 Å². The summed E-state index contributed by atoms with van der Waals surface area (Å²) < 4.78 is 1.68. The van der Waals surface area contributed by atoms with Crippen LogP contribution in [0.15, 0.2) is 18.5 Å². The van der Waals surface area contributed by atoms with Crippen molar-refractivity contribution in [1.82, 2.24) is 14.6 Å². The number of rotatable bonds is 4. The van der Waals surface area contributed by atoms with Gasteiger partial charge in [0.05, 0.1) is 11.3 Å². The van der Waals surface area contributed by atoms with E-state index in [0.717, 1.165) is 24.8 Å². The average molecular weight is 217 g/mol. The molecular weight excluding hydrogens is 202 g/mol. The van der Waals surface area contributed by atoms with Crippen molar-refractivity contribution >= 4 is 11.9 Å². The van der Waals surface area contributed by atoms with Crippen LogP contribution in [0.2, 0.25) is 0 Å². The number of fused-ring (bicyclic) bond motifs is 1. The topological polar surface area (TPSA) is 47.3 Å². The minimum absolute atomic E-state index is 0.335. The van der Waals surface area contributed by atoms with Crippen LogP contribution < -0.4 is 0 Å². The molecule has 0 N–H and O–H groups in total. The SMILES string of the molecule is CCC(CC)c1nn2cccnc2c1C=O. The van der Waals surface area contributed by atoms with Gasteiger partial charge >= 0.3 is 0 Å². The third-order valence-electron chi connectivity index (χ3n) is 2.95. The van der Waals surface area contributed by atoms with E-state index in [-0.39, 0.29) is 0 Å². The molecule has 0 aliphatic rings. The number of aromatic nitrogens is 3. The number of carbonyl (C=O) groups is 1. The van der Waals surface area contributed by atoms with Gasteiger partial charge in [-0.3, -0.25) is 4.79 Å². The lowest BCUT2D eigenvalue weighted by molar-refractivity contribution is 0.112. The summed E-state index contributed by atoms with van der Waals surface area (Å²) >= 11 is 0. The van der Waals surface area contributed by atoms with Crippen molar-refractivity contribution in [2.45, 2.75) is 32.6 Å². The summed E-state index contributed by atoms with van der Waals surface area (Å²) in [6.45, 7) is 4.22. The Kier molecular flexibility index (Phi) is 2.99. The second kappa shape index (κ2) is 4.43. The highest BCUT2D eigenvalue weighted by atomic mass is 16.1. The van der Waals surface area contributed by atoms with E-state index < -0.39 is 0 Å². The Morgan fingerprint density at radius 1 is 1.44 bits per heavy atom. The third kappa shape index (κ3) is 1.60. The molecule has 0 bridgehead atoms. The van der Waals surface area contributed by atoms with Gasteiger partial charge in [0.1, 0.15) is 0 Å². The molecule has 2 aromatic rings. The summed E-state index contributed by atoms with van der Waals surface area (Å²) in [5, 5.41) is 4.45. The average Bonchev–Trinajstić information content (AvgIpc) is 2.69. The third-order valence-corrected chi connectivity index (χ3v) is 2.95. The van der Waals surface area contributed by atoms with E-state index in [1.54, 1.807) is 10.7 Å². The Morgan fingerprint density at radius 3 is 2.81 bits per heavy atom. The van der Waals surface area contributed by atoms with Crippen LogP contribution in [-0.2, 0) is 0 Å². The van der Waals surface area contributed by atoms with Crippen molar-refractivity contribution in [3.8, 4) is 0 Å². The van der Waals surface area contributed by atoms with E-state index in [1.807, 2.05) is 12.3 Å². The van der Waals surface area contributed by atoms with Crippen LogP contribution in [-0.4, -0.2) is 20.9 Å².